The van der Waals surface area contributed by atoms with Gasteiger partial charge in [0.05, 0.1) is 25.9 Å². The number of benzene rings is 1. The van der Waals surface area contributed by atoms with Crippen molar-refractivity contribution in [3.8, 4) is 5.75 Å². The summed E-state index contributed by atoms with van der Waals surface area (Å²) in [5, 5.41) is 13.1. The van der Waals surface area contributed by atoms with Gasteiger partial charge in [-0.25, -0.2) is 4.99 Å². The molecule has 2 aromatic rings. The molecule has 0 saturated heterocycles. The lowest BCUT2D eigenvalue weighted by atomic mass is 10.2. The Kier molecular flexibility index (Phi) is 7.48. The molecule has 0 aliphatic heterocycles. The van der Waals surface area contributed by atoms with Crippen LogP contribution in [0.15, 0.2) is 41.5 Å². The minimum absolute atomic E-state index is 0.105. The highest BCUT2D eigenvalue weighted by atomic mass is 16.5. The van der Waals surface area contributed by atoms with Crippen LogP contribution in [-0.2, 0) is 24.9 Å². The molecule has 3 N–H and O–H groups in total. The Hall–Kier alpha value is -3.03. The van der Waals surface area contributed by atoms with E-state index in [0.717, 1.165) is 17.0 Å². The number of nitrogens with zero attached hydrogens (tertiary/aromatic N) is 3. The lowest BCUT2D eigenvalue weighted by Crippen LogP contribution is -2.43. The quantitative estimate of drug-likeness (QED) is 0.479. The van der Waals surface area contributed by atoms with Crippen LogP contribution >= 0.6 is 0 Å². The number of aryl methyl sites for hydroxylation is 1. The molecule has 140 valence electrons. The fraction of sp³-hybridized carbons (Fsp3) is 0.389. The van der Waals surface area contributed by atoms with E-state index in [-0.39, 0.29) is 12.5 Å². The summed E-state index contributed by atoms with van der Waals surface area (Å²) in [4.78, 5) is 16.5. The van der Waals surface area contributed by atoms with Crippen molar-refractivity contribution in [2.75, 3.05) is 20.2 Å². The number of amides is 1. The minimum Gasteiger partial charge on any atom is -0.497 e. The summed E-state index contributed by atoms with van der Waals surface area (Å²) in [7, 11) is 3.50. The van der Waals surface area contributed by atoms with Crippen LogP contribution in [-0.4, -0.2) is 41.8 Å². The van der Waals surface area contributed by atoms with E-state index in [0.29, 0.717) is 25.6 Å². The molecule has 0 atom stereocenters. The Balaban J connectivity index is 1.79. The summed E-state index contributed by atoms with van der Waals surface area (Å²) in [5.74, 6) is 1.28. The molecule has 1 aromatic heterocycles. The number of carbonyl (C=O) groups is 1. The van der Waals surface area contributed by atoms with Crippen LogP contribution < -0.4 is 20.7 Å². The zero-order valence-corrected chi connectivity index (χ0v) is 15.5. The molecular weight excluding hydrogens is 332 g/mol. The second-order valence-corrected chi connectivity index (χ2v) is 5.62. The number of hydrogen-bond donors (Lipinski definition) is 3. The van der Waals surface area contributed by atoms with E-state index >= 15 is 0 Å². The van der Waals surface area contributed by atoms with Gasteiger partial charge in [-0.15, -0.1) is 0 Å². The Morgan fingerprint density at radius 1 is 1.19 bits per heavy atom. The van der Waals surface area contributed by atoms with Gasteiger partial charge in [-0.1, -0.05) is 12.1 Å². The molecule has 0 radical (unpaired) electrons. The first kappa shape index (κ1) is 19.3. The minimum atomic E-state index is -0.105. The maximum Gasteiger partial charge on any atom is 0.239 e. The molecule has 0 unspecified atom stereocenters. The van der Waals surface area contributed by atoms with Crippen LogP contribution in [0.4, 0.5) is 0 Å². The maximum atomic E-state index is 12.0. The summed E-state index contributed by atoms with van der Waals surface area (Å²) < 4.78 is 6.89. The van der Waals surface area contributed by atoms with Gasteiger partial charge in [-0.3, -0.25) is 9.48 Å². The predicted molar refractivity (Wildman–Crippen MR) is 101 cm³/mol. The largest absolute Gasteiger partial charge is 0.497 e. The summed E-state index contributed by atoms with van der Waals surface area (Å²) >= 11 is 0. The number of guanidine groups is 1. The molecule has 0 spiro atoms. The summed E-state index contributed by atoms with van der Waals surface area (Å²) in [6.07, 6.45) is 1.73. The lowest BCUT2D eigenvalue weighted by molar-refractivity contribution is -0.120. The van der Waals surface area contributed by atoms with E-state index in [1.807, 2.05) is 44.3 Å². The van der Waals surface area contributed by atoms with E-state index in [2.05, 4.69) is 26.0 Å². The van der Waals surface area contributed by atoms with Crippen molar-refractivity contribution in [2.24, 2.45) is 12.0 Å². The van der Waals surface area contributed by atoms with Crippen LogP contribution in [0, 0.1) is 0 Å². The van der Waals surface area contributed by atoms with E-state index in [1.165, 1.54) is 0 Å². The highest BCUT2D eigenvalue weighted by Gasteiger charge is 2.05. The molecule has 1 heterocycles. The van der Waals surface area contributed by atoms with Gasteiger partial charge in [-0.2, -0.15) is 5.10 Å². The zero-order valence-electron chi connectivity index (χ0n) is 15.5. The third kappa shape index (κ3) is 6.12. The number of aromatic nitrogens is 2. The highest BCUT2D eigenvalue weighted by molar-refractivity contribution is 5.86. The van der Waals surface area contributed by atoms with E-state index in [4.69, 9.17) is 4.74 Å². The molecule has 1 amide bonds. The first-order valence-corrected chi connectivity index (χ1v) is 8.51. The van der Waals surface area contributed by atoms with Gasteiger partial charge in [0.15, 0.2) is 5.96 Å². The third-order valence-electron chi connectivity index (χ3n) is 3.73. The highest BCUT2D eigenvalue weighted by Crippen LogP contribution is 2.10. The number of rotatable bonds is 8. The van der Waals surface area contributed by atoms with Gasteiger partial charge in [-0.05, 0) is 30.7 Å². The fourth-order valence-corrected chi connectivity index (χ4v) is 2.23. The van der Waals surface area contributed by atoms with Gasteiger partial charge in [0.25, 0.3) is 0 Å². The van der Waals surface area contributed by atoms with Crippen LogP contribution in [0.2, 0.25) is 0 Å². The van der Waals surface area contributed by atoms with E-state index in [1.54, 1.807) is 18.0 Å². The van der Waals surface area contributed by atoms with Crippen molar-refractivity contribution >= 4 is 11.9 Å². The Labute approximate surface area is 153 Å². The van der Waals surface area contributed by atoms with Crippen LogP contribution in [0.3, 0.4) is 0 Å². The lowest BCUT2D eigenvalue weighted by Gasteiger charge is -2.12. The van der Waals surface area contributed by atoms with E-state index < -0.39 is 0 Å². The van der Waals surface area contributed by atoms with Gasteiger partial charge < -0.3 is 20.7 Å². The number of methoxy groups -OCH3 is 1. The second kappa shape index (κ2) is 10.1. The third-order valence-corrected chi connectivity index (χ3v) is 3.73. The molecule has 1 aromatic carbocycles. The van der Waals surface area contributed by atoms with Gasteiger partial charge in [0.2, 0.25) is 5.91 Å². The Morgan fingerprint density at radius 2 is 1.96 bits per heavy atom. The number of hydrogen-bond acceptors (Lipinski definition) is 4. The summed E-state index contributed by atoms with van der Waals surface area (Å²) in [6, 6.07) is 9.49. The SMILES string of the molecule is CCNC(=NCc1ccnn1C)NCC(=O)NCc1ccc(OC)cc1. The molecule has 0 bridgehead atoms. The Morgan fingerprint density at radius 3 is 2.58 bits per heavy atom. The van der Waals surface area contributed by atoms with Crippen molar-refractivity contribution in [3.05, 3.63) is 47.8 Å². The second-order valence-electron chi connectivity index (χ2n) is 5.62. The molecule has 0 aliphatic carbocycles. The van der Waals surface area contributed by atoms with Gasteiger partial charge >= 0.3 is 0 Å². The standard InChI is InChI=1S/C18H26N6O2/c1-4-19-18(21-12-15-9-10-23-24(15)2)22-13-17(25)20-11-14-5-7-16(26-3)8-6-14/h5-10H,4,11-13H2,1-3H3,(H,20,25)(H2,19,21,22). The maximum absolute atomic E-state index is 12.0. The van der Waals surface area contributed by atoms with Gasteiger partial charge in [0.1, 0.15) is 5.75 Å². The molecule has 2 rings (SSSR count). The van der Waals surface area contributed by atoms with Crippen molar-refractivity contribution in [3.63, 3.8) is 0 Å². The normalized spacial score (nSPS) is 11.1. The Bertz CT molecular complexity index is 724. The first-order chi connectivity index (χ1) is 12.6. The number of ether oxygens (including phenoxy) is 1. The smallest absolute Gasteiger partial charge is 0.239 e. The van der Waals surface area contributed by atoms with Crippen LogP contribution in [0.5, 0.6) is 5.75 Å². The molecule has 26 heavy (non-hydrogen) atoms. The molecule has 0 fully saturated rings. The van der Waals surface area contributed by atoms with Crippen molar-refractivity contribution in [1.82, 2.24) is 25.7 Å². The predicted octanol–water partition coefficient (Wildman–Crippen LogP) is 0.800. The average molecular weight is 358 g/mol. The zero-order chi connectivity index (χ0) is 18.8. The molecule has 8 heteroatoms. The monoisotopic (exact) mass is 358 g/mol. The topological polar surface area (TPSA) is 92.6 Å². The number of aliphatic imine (C=N–C) groups is 1. The summed E-state index contributed by atoms with van der Waals surface area (Å²) in [6.45, 7) is 3.79. The first-order valence-electron chi connectivity index (χ1n) is 8.51. The van der Waals surface area contributed by atoms with Crippen molar-refractivity contribution < 1.29 is 9.53 Å². The number of carbonyl (C=O) groups excluding carboxylic acids is 1. The van der Waals surface area contributed by atoms with Crippen molar-refractivity contribution in [1.29, 1.82) is 0 Å². The number of nitrogens with one attached hydrogen (secondary N) is 3. The molecular formula is C18H26N6O2. The average Bonchev–Trinajstić information content (AvgIpc) is 3.07. The molecule has 8 nitrogen and oxygen atoms in total. The fourth-order valence-electron chi connectivity index (χ4n) is 2.23. The molecule has 0 saturated carbocycles. The van der Waals surface area contributed by atoms with Crippen LogP contribution in [0.25, 0.3) is 0 Å². The van der Waals surface area contributed by atoms with E-state index in [9.17, 15) is 4.79 Å². The van der Waals surface area contributed by atoms with Crippen LogP contribution in [0.1, 0.15) is 18.2 Å². The molecule has 0 aliphatic rings. The van der Waals surface area contributed by atoms with Gasteiger partial charge in [0, 0.05) is 26.3 Å². The van der Waals surface area contributed by atoms with Crippen molar-refractivity contribution in [2.45, 2.75) is 20.0 Å². The summed E-state index contributed by atoms with van der Waals surface area (Å²) in [5.41, 5.74) is 2.00.